The Kier molecular flexibility index (Phi) is 6.83. The number of esters is 1. The minimum absolute atomic E-state index is 0.242. The lowest BCUT2D eigenvalue weighted by molar-refractivity contribution is -0.138. The molecule has 34 heavy (non-hydrogen) atoms. The zero-order chi connectivity index (χ0) is 24.2. The van der Waals surface area contributed by atoms with Crippen LogP contribution in [0.1, 0.15) is 29.7 Å². The maximum Gasteiger partial charge on any atom is 0.338 e. The van der Waals surface area contributed by atoms with Gasteiger partial charge in [0.1, 0.15) is 5.82 Å². The number of halogens is 1. The molecule has 0 radical (unpaired) electrons. The van der Waals surface area contributed by atoms with Crippen LogP contribution in [0.3, 0.4) is 0 Å². The van der Waals surface area contributed by atoms with E-state index in [1.54, 1.807) is 25.3 Å². The summed E-state index contributed by atoms with van der Waals surface area (Å²) < 4.78 is 5.44. The van der Waals surface area contributed by atoms with Gasteiger partial charge in [-0.15, -0.1) is 0 Å². The van der Waals surface area contributed by atoms with E-state index in [9.17, 15) is 4.79 Å². The van der Waals surface area contributed by atoms with Gasteiger partial charge in [-0.25, -0.2) is 14.8 Å². The first-order valence-corrected chi connectivity index (χ1v) is 11.2. The van der Waals surface area contributed by atoms with E-state index in [4.69, 9.17) is 16.3 Å². The molecule has 176 valence electrons. The summed E-state index contributed by atoms with van der Waals surface area (Å²) in [6.45, 7) is 3.95. The van der Waals surface area contributed by atoms with Crippen LogP contribution in [-0.2, 0) is 9.53 Å². The number of hydrogen-bond acceptors (Lipinski definition) is 7. The zero-order valence-corrected chi connectivity index (χ0v) is 20.1. The number of pyridine rings is 1. The summed E-state index contributed by atoms with van der Waals surface area (Å²) in [5, 5.41) is 13.9. The van der Waals surface area contributed by atoms with Crippen molar-refractivity contribution in [1.29, 1.82) is 0 Å². The molecule has 0 fully saturated rings. The van der Waals surface area contributed by atoms with Gasteiger partial charge in [-0.1, -0.05) is 23.7 Å². The zero-order valence-electron chi connectivity index (χ0n) is 19.4. The van der Waals surface area contributed by atoms with Gasteiger partial charge >= 0.3 is 5.97 Å². The molecule has 1 atom stereocenters. The molecule has 9 nitrogen and oxygen atoms in total. The van der Waals surface area contributed by atoms with Gasteiger partial charge in [-0.2, -0.15) is 5.10 Å². The molecule has 1 aliphatic heterocycles. The predicted octanol–water partition coefficient (Wildman–Crippen LogP) is 4.31. The van der Waals surface area contributed by atoms with Crippen molar-refractivity contribution in [2.75, 3.05) is 36.2 Å². The molecule has 1 aliphatic rings. The number of hydrogen-bond donors (Lipinski definition) is 3. The summed E-state index contributed by atoms with van der Waals surface area (Å²) in [7, 11) is 3.96. The number of benzene rings is 1. The minimum Gasteiger partial charge on any atom is -0.463 e. The third kappa shape index (κ3) is 4.60. The highest BCUT2D eigenvalue weighted by molar-refractivity contribution is 6.32. The van der Waals surface area contributed by atoms with Crippen molar-refractivity contribution in [3.8, 4) is 0 Å². The summed E-state index contributed by atoms with van der Waals surface area (Å²) in [4.78, 5) is 23.8. The number of ether oxygens (including phenoxy) is 1. The van der Waals surface area contributed by atoms with Crippen molar-refractivity contribution in [3.05, 3.63) is 76.0 Å². The third-order valence-corrected chi connectivity index (χ3v) is 5.78. The molecule has 0 spiro atoms. The first-order chi connectivity index (χ1) is 16.4. The molecule has 10 heteroatoms. The average Bonchev–Trinajstić information content (AvgIpc) is 3.20. The van der Waals surface area contributed by atoms with Crippen molar-refractivity contribution >= 4 is 41.1 Å². The molecule has 3 aromatic rings. The fourth-order valence-corrected chi connectivity index (χ4v) is 4.00. The van der Waals surface area contributed by atoms with Crippen LogP contribution >= 0.6 is 11.6 Å². The van der Waals surface area contributed by atoms with Crippen LogP contribution in [-0.4, -0.2) is 48.2 Å². The van der Waals surface area contributed by atoms with E-state index in [1.807, 2.05) is 50.2 Å². The van der Waals surface area contributed by atoms with E-state index in [2.05, 4.69) is 30.8 Å². The van der Waals surface area contributed by atoms with Crippen LogP contribution < -0.4 is 15.5 Å². The number of aromatic nitrogens is 3. The van der Waals surface area contributed by atoms with E-state index < -0.39 is 11.9 Å². The third-order valence-electron chi connectivity index (χ3n) is 5.47. The molecular formula is C24H26ClN7O2. The van der Waals surface area contributed by atoms with Crippen LogP contribution in [0.15, 0.2) is 59.0 Å². The minimum atomic E-state index is -0.450. The lowest BCUT2D eigenvalue weighted by Gasteiger charge is -2.27. The van der Waals surface area contributed by atoms with Crippen molar-refractivity contribution in [1.82, 2.24) is 15.2 Å². The Hall–Kier alpha value is -3.85. The van der Waals surface area contributed by atoms with Gasteiger partial charge < -0.3 is 20.3 Å². The van der Waals surface area contributed by atoms with Crippen molar-refractivity contribution in [2.24, 2.45) is 4.99 Å². The molecular weight excluding hydrogens is 454 g/mol. The van der Waals surface area contributed by atoms with E-state index in [0.717, 1.165) is 22.5 Å². The SMILES string of the molecule is CCOC(=O)C1=C(N=CNc2cccnc2Cl)Nc2n[nH]c(C)c2C1c1ccc(N(C)C)cc1. The van der Waals surface area contributed by atoms with E-state index >= 15 is 0 Å². The van der Waals surface area contributed by atoms with Gasteiger partial charge in [0.15, 0.2) is 11.0 Å². The first kappa shape index (κ1) is 23.3. The number of nitrogens with one attached hydrogen (secondary N) is 3. The molecule has 4 rings (SSSR count). The topological polar surface area (TPSA) is 108 Å². The molecule has 0 bridgehead atoms. The second-order valence-corrected chi connectivity index (χ2v) is 8.24. The van der Waals surface area contributed by atoms with Crippen molar-refractivity contribution in [3.63, 3.8) is 0 Å². The molecule has 3 heterocycles. The molecule has 0 aliphatic carbocycles. The molecule has 1 aromatic carbocycles. The Bertz CT molecular complexity index is 1250. The monoisotopic (exact) mass is 479 g/mol. The van der Waals surface area contributed by atoms with Crippen LogP contribution in [0.25, 0.3) is 0 Å². The second-order valence-electron chi connectivity index (χ2n) is 7.88. The van der Waals surface area contributed by atoms with Gasteiger partial charge in [0.2, 0.25) is 0 Å². The molecule has 1 unspecified atom stereocenters. The Morgan fingerprint density at radius 2 is 2.06 bits per heavy atom. The normalized spacial score (nSPS) is 15.1. The fourth-order valence-electron chi connectivity index (χ4n) is 3.83. The number of aliphatic imine (C=N–C) groups is 1. The summed E-state index contributed by atoms with van der Waals surface area (Å²) in [5.41, 5.74) is 4.70. The quantitative estimate of drug-likeness (QED) is 0.200. The molecule has 3 N–H and O–H groups in total. The van der Waals surface area contributed by atoms with Gasteiger partial charge in [-0.3, -0.25) is 5.10 Å². The molecule has 0 saturated carbocycles. The first-order valence-electron chi connectivity index (χ1n) is 10.8. The second kappa shape index (κ2) is 9.96. The molecule has 0 saturated heterocycles. The standard InChI is InChI=1S/C24H26ClN7O2/c1-5-34-24(33)20-19(15-8-10-16(11-9-15)32(3)4)18-14(2)30-31-23(18)29-22(20)28-13-27-17-7-6-12-26-21(17)25/h6-13,19H,5H2,1-4H3,(H,27,28)(H2,29,30,31). The molecule has 0 amide bonds. The number of aryl methyl sites for hydroxylation is 1. The van der Waals surface area contributed by atoms with E-state index in [-0.39, 0.29) is 6.61 Å². The number of carbonyl (C=O) groups excluding carboxylic acids is 1. The van der Waals surface area contributed by atoms with E-state index in [0.29, 0.717) is 28.1 Å². The number of anilines is 3. The Morgan fingerprint density at radius 3 is 2.74 bits per heavy atom. The van der Waals surface area contributed by atoms with Crippen molar-refractivity contribution in [2.45, 2.75) is 19.8 Å². The summed E-state index contributed by atoms with van der Waals surface area (Å²) >= 11 is 6.12. The molecule has 2 aromatic heterocycles. The smallest absolute Gasteiger partial charge is 0.338 e. The highest BCUT2D eigenvalue weighted by Crippen LogP contribution is 2.43. The Morgan fingerprint density at radius 1 is 1.29 bits per heavy atom. The summed E-state index contributed by atoms with van der Waals surface area (Å²) in [6, 6.07) is 11.6. The predicted molar refractivity (Wildman–Crippen MR) is 135 cm³/mol. The number of rotatable bonds is 7. The van der Waals surface area contributed by atoms with Crippen LogP contribution in [0, 0.1) is 6.92 Å². The Labute approximate surface area is 202 Å². The highest BCUT2D eigenvalue weighted by Gasteiger charge is 2.37. The van der Waals surface area contributed by atoms with Gasteiger partial charge in [-0.05, 0) is 43.7 Å². The maximum absolute atomic E-state index is 13.2. The fraction of sp³-hybridized carbons (Fsp3) is 0.250. The van der Waals surface area contributed by atoms with Gasteiger partial charge in [0.05, 0.1) is 30.1 Å². The average molecular weight is 480 g/mol. The Balaban J connectivity index is 1.80. The largest absolute Gasteiger partial charge is 0.463 e. The maximum atomic E-state index is 13.2. The lowest BCUT2D eigenvalue weighted by Crippen LogP contribution is -2.25. The number of carbonyl (C=O) groups is 1. The number of H-pyrrole nitrogens is 1. The van der Waals surface area contributed by atoms with Gasteiger partial charge in [0, 0.05) is 37.2 Å². The summed E-state index contributed by atoms with van der Waals surface area (Å²) in [5.74, 6) is 0.0827. The summed E-state index contributed by atoms with van der Waals surface area (Å²) in [6.07, 6.45) is 3.06. The highest BCUT2D eigenvalue weighted by atomic mass is 35.5. The lowest BCUT2D eigenvalue weighted by atomic mass is 9.82. The van der Waals surface area contributed by atoms with Crippen molar-refractivity contribution < 1.29 is 9.53 Å². The van der Waals surface area contributed by atoms with E-state index in [1.165, 1.54) is 6.34 Å². The van der Waals surface area contributed by atoms with Crippen LogP contribution in [0.2, 0.25) is 5.15 Å². The van der Waals surface area contributed by atoms with Crippen LogP contribution in [0.5, 0.6) is 0 Å². The van der Waals surface area contributed by atoms with Gasteiger partial charge in [0.25, 0.3) is 0 Å². The number of nitrogens with zero attached hydrogens (tertiary/aromatic N) is 4. The number of aromatic amines is 1. The number of fused-ring (bicyclic) bond motifs is 1. The van der Waals surface area contributed by atoms with Crippen LogP contribution in [0.4, 0.5) is 17.2 Å².